The van der Waals surface area contributed by atoms with Crippen LogP contribution in [-0.4, -0.2) is 15.9 Å². The molecule has 1 amide bonds. The highest BCUT2D eigenvalue weighted by molar-refractivity contribution is 7.20. The number of carbonyl (C=O) groups is 1. The van der Waals surface area contributed by atoms with Crippen LogP contribution in [0.5, 0.6) is 0 Å². The van der Waals surface area contributed by atoms with Crippen LogP contribution in [-0.2, 0) is 6.54 Å². The first-order valence-electron chi connectivity index (χ1n) is 8.38. The summed E-state index contributed by atoms with van der Waals surface area (Å²) in [6.07, 6.45) is 3.31. The lowest BCUT2D eigenvalue weighted by Crippen LogP contribution is -2.11. The molecule has 3 aromatic heterocycles. The van der Waals surface area contributed by atoms with Crippen LogP contribution in [0.1, 0.15) is 15.4 Å². The second-order valence-corrected chi connectivity index (χ2v) is 7.01. The molecule has 4 aromatic rings. The van der Waals surface area contributed by atoms with Crippen LogP contribution in [0.2, 0.25) is 0 Å². The molecule has 134 valence electrons. The number of hydrogen-bond acceptors (Lipinski definition) is 6. The van der Waals surface area contributed by atoms with Crippen molar-refractivity contribution in [2.45, 2.75) is 6.54 Å². The molecule has 1 aromatic carbocycles. The lowest BCUT2D eigenvalue weighted by atomic mass is 10.2. The fourth-order valence-electron chi connectivity index (χ4n) is 2.69. The highest BCUT2D eigenvalue weighted by atomic mass is 32.1. The maximum Gasteiger partial charge on any atom is 0.265 e. The predicted molar refractivity (Wildman–Crippen MR) is 110 cm³/mol. The Balaban J connectivity index is 1.45. The van der Waals surface area contributed by atoms with Crippen molar-refractivity contribution in [2.75, 3.05) is 16.4 Å². The van der Waals surface area contributed by atoms with Gasteiger partial charge in [0.15, 0.2) is 0 Å². The van der Waals surface area contributed by atoms with Gasteiger partial charge >= 0.3 is 0 Å². The molecule has 0 aliphatic rings. The van der Waals surface area contributed by atoms with E-state index in [0.29, 0.717) is 22.9 Å². The molecule has 3 heterocycles. The number of fused-ring (bicyclic) bond motifs is 1. The third kappa shape index (κ3) is 3.88. The molecule has 7 heteroatoms. The van der Waals surface area contributed by atoms with Gasteiger partial charge in [0, 0.05) is 22.8 Å². The summed E-state index contributed by atoms with van der Waals surface area (Å²) < 4.78 is 1.09. The number of aromatic nitrogens is 2. The lowest BCUT2D eigenvalue weighted by molar-refractivity contribution is 0.103. The van der Waals surface area contributed by atoms with Gasteiger partial charge in [0.25, 0.3) is 5.91 Å². The molecule has 0 spiro atoms. The average Bonchev–Trinajstić information content (AvgIpc) is 3.12. The minimum atomic E-state index is -0.127. The van der Waals surface area contributed by atoms with Crippen LogP contribution in [0.25, 0.3) is 10.1 Å². The maximum absolute atomic E-state index is 12.6. The Morgan fingerprint density at radius 1 is 1.04 bits per heavy atom. The second kappa shape index (κ2) is 7.43. The Kier molecular flexibility index (Phi) is 4.67. The minimum Gasteiger partial charge on any atom is -0.382 e. The Hall–Kier alpha value is -3.45. The molecule has 0 saturated heterocycles. The summed E-state index contributed by atoms with van der Waals surface area (Å²) in [5.74, 6) is 0.310. The molecule has 0 atom stereocenters. The number of hydrogen-bond donors (Lipinski definition) is 3. The summed E-state index contributed by atoms with van der Waals surface area (Å²) in [5, 5.41) is 7.21. The summed E-state index contributed by atoms with van der Waals surface area (Å²) in [4.78, 5) is 21.6. The quantitative estimate of drug-likeness (QED) is 0.487. The highest BCUT2D eigenvalue weighted by Crippen LogP contribution is 2.26. The highest BCUT2D eigenvalue weighted by Gasteiger charge is 2.11. The van der Waals surface area contributed by atoms with E-state index in [4.69, 9.17) is 5.73 Å². The van der Waals surface area contributed by atoms with E-state index in [2.05, 4.69) is 20.6 Å². The Bertz CT molecular complexity index is 1080. The zero-order valence-corrected chi connectivity index (χ0v) is 15.2. The minimum absolute atomic E-state index is 0.127. The van der Waals surface area contributed by atoms with E-state index in [9.17, 15) is 4.79 Å². The number of rotatable bonds is 5. The van der Waals surface area contributed by atoms with E-state index >= 15 is 0 Å². The summed E-state index contributed by atoms with van der Waals surface area (Å²) in [6, 6.07) is 17.1. The summed E-state index contributed by atoms with van der Waals surface area (Å²) in [5.41, 5.74) is 8.06. The van der Waals surface area contributed by atoms with E-state index < -0.39 is 0 Å². The third-order valence-electron chi connectivity index (χ3n) is 4.02. The second-order valence-electron chi connectivity index (χ2n) is 5.93. The lowest BCUT2D eigenvalue weighted by Gasteiger charge is -2.09. The van der Waals surface area contributed by atoms with Gasteiger partial charge in [0.2, 0.25) is 0 Å². The van der Waals surface area contributed by atoms with Crippen LogP contribution in [0.4, 0.5) is 17.2 Å². The average molecular weight is 375 g/mol. The van der Waals surface area contributed by atoms with E-state index in [1.807, 2.05) is 48.5 Å². The fourth-order valence-corrected chi connectivity index (χ4v) is 3.65. The van der Waals surface area contributed by atoms with E-state index in [1.54, 1.807) is 18.5 Å². The summed E-state index contributed by atoms with van der Waals surface area (Å²) in [7, 11) is 0. The van der Waals surface area contributed by atoms with Crippen molar-refractivity contribution < 1.29 is 4.79 Å². The van der Waals surface area contributed by atoms with Gasteiger partial charge in [-0.2, -0.15) is 0 Å². The monoisotopic (exact) mass is 375 g/mol. The molecular formula is C20H17N5OS. The molecule has 0 fully saturated rings. The third-order valence-corrected chi connectivity index (χ3v) is 5.14. The van der Waals surface area contributed by atoms with Crippen LogP contribution in [0.15, 0.2) is 67.0 Å². The molecule has 4 N–H and O–H groups in total. The van der Waals surface area contributed by atoms with Gasteiger partial charge in [-0.25, -0.2) is 4.98 Å². The van der Waals surface area contributed by atoms with E-state index in [1.165, 1.54) is 11.3 Å². The smallest absolute Gasteiger partial charge is 0.265 e. The number of amides is 1. The van der Waals surface area contributed by atoms with Gasteiger partial charge in [0.05, 0.1) is 22.8 Å². The topological polar surface area (TPSA) is 92.9 Å². The van der Waals surface area contributed by atoms with Gasteiger partial charge in [-0.3, -0.25) is 9.78 Å². The first kappa shape index (κ1) is 17.0. The first-order chi connectivity index (χ1) is 13.2. The van der Waals surface area contributed by atoms with Crippen LogP contribution >= 0.6 is 11.3 Å². The summed E-state index contributed by atoms with van der Waals surface area (Å²) in [6.45, 7) is 0.475. The fraction of sp³-hybridized carbons (Fsp3) is 0.0500. The van der Waals surface area contributed by atoms with Crippen LogP contribution < -0.4 is 16.4 Å². The normalized spacial score (nSPS) is 10.7. The van der Waals surface area contributed by atoms with Gasteiger partial charge < -0.3 is 16.4 Å². The molecule has 0 bridgehead atoms. The van der Waals surface area contributed by atoms with Gasteiger partial charge in [-0.1, -0.05) is 18.2 Å². The van der Waals surface area contributed by atoms with Crippen LogP contribution in [0.3, 0.4) is 0 Å². The number of benzene rings is 1. The zero-order valence-electron chi connectivity index (χ0n) is 14.3. The molecule has 4 rings (SSSR count). The largest absolute Gasteiger partial charge is 0.382 e. The predicted octanol–water partition coefficient (Wildman–Crippen LogP) is 4.14. The van der Waals surface area contributed by atoms with Crippen molar-refractivity contribution >= 4 is 44.5 Å². The van der Waals surface area contributed by atoms with Crippen molar-refractivity contribution in [3.05, 3.63) is 77.6 Å². The van der Waals surface area contributed by atoms with Crippen LogP contribution in [0, 0.1) is 0 Å². The Labute approximate surface area is 160 Å². The number of anilines is 3. The molecule has 6 nitrogen and oxygen atoms in total. The molecule has 27 heavy (non-hydrogen) atoms. The number of nitrogen functional groups attached to an aromatic ring is 1. The molecule has 0 aliphatic heterocycles. The number of thiophene rings is 1. The number of nitrogens with one attached hydrogen (secondary N) is 2. The first-order valence-corrected chi connectivity index (χ1v) is 9.20. The zero-order chi connectivity index (χ0) is 18.6. The van der Waals surface area contributed by atoms with Gasteiger partial charge in [0.1, 0.15) is 5.82 Å². The summed E-state index contributed by atoms with van der Waals surface area (Å²) >= 11 is 1.48. The number of nitrogens with zero attached hydrogens (tertiary/aromatic N) is 2. The van der Waals surface area contributed by atoms with E-state index in [-0.39, 0.29) is 5.91 Å². The number of pyridine rings is 2. The molecular weight excluding hydrogens is 358 g/mol. The maximum atomic E-state index is 12.6. The number of nitrogens with two attached hydrogens (primary N) is 1. The van der Waals surface area contributed by atoms with E-state index in [0.717, 1.165) is 21.5 Å². The molecule has 0 aliphatic carbocycles. The van der Waals surface area contributed by atoms with Gasteiger partial charge in [-0.15, -0.1) is 11.3 Å². The van der Waals surface area contributed by atoms with Crippen molar-refractivity contribution in [1.82, 2.24) is 9.97 Å². The molecule has 0 saturated carbocycles. The van der Waals surface area contributed by atoms with Crippen molar-refractivity contribution in [3.8, 4) is 0 Å². The standard InChI is InChI=1S/C20H17N5OS/c21-19-16(5-3-8-23-19)24-12-15-11-14(7-9-22-15)25-20(26)18-10-13-4-1-2-6-17(13)27-18/h1-11,24H,12H2,(H2,21,23)(H,22,25,26). The number of carbonyl (C=O) groups excluding carboxylic acids is 1. The SMILES string of the molecule is Nc1ncccc1NCc1cc(NC(=O)c2cc3ccccc3s2)ccn1. The Morgan fingerprint density at radius 3 is 2.78 bits per heavy atom. The van der Waals surface area contributed by atoms with Crippen molar-refractivity contribution in [3.63, 3.8) is 0 Å². The molecule has 0 unspecified atom stereocenters. The van der Waals surface area contributed by atoms with Crippen molar-refractivity contribution in [2.24, 2.45) is 0 Å². The molecule has 0 radical (unpaired) electrons. The van der Waals surface area contributed by atoms with Gasteiger partial charge in [-0.05, 0) is 41.8 Å². The Morgan fingerprint density at radius 2 is 1.93 bits per heavy atom. The van der Waals surface area contributed by atoms with Crippen molar-refractivity contribution in [1.29, 1.82) is 0 Å².